The molecule has 103 valence electrons. The maximum atomic E-state index is 11.8. The number of rotatable bonds is 3. The summed E-state index contributed by atoms with van der Waals surface area (Å²) in [6.07, 6.45) is 0. The van der Waals surface area contributed by atoms with Gasteiger partial charge < -0.3 is 0 Å². The van der Waals surface area contributed by atoms with Crippen LogP contribution in [0.2, 0.25) is 0 Å². The Morgan fingerprint density at radius 1 is 0.714 bits per heavy atom. The van der Waals surface area contributed by atoms with Crippen molar-refractivity contribution in [3.63, 3.8) is 0 Å². The van der Waals surface area contributed by atoms with Gasteiger partial charge in [0.1, 0.15) is 6.61 Å². The second kappa shape index (κ2) is 5.94. The summed E-state index contributed by atoms with van der Waals surface area (Å²) in [5, 5.41) is 11.8. The first kappa shape index (κ1) is 13.6. The lowest BCUT2D eigenvalue weighted by Gasteiger charge is -2.15. The molecule has 3 aromatic carbocycles. The Balaban J connectivity index is 2.25. The van der Waals surface area contributed by atoms with Crippen molar-refractivity contribution in [2.45, 2.75) is 13.5 Å². The summed E-state index contributed by atoms with van der Waals surface area (Å²) in [6, 6.07) is 24.5. The molecule has 3 rings (SSSR count). The van der Waals surface area contributed by atoms with Crippen LogP contribution >= 0.6 is 0 Å². The van der Waals surface area contributed by atoms with Gasteiger partial charge in [0.2, 0.25) is 0 Å². The van der Waals surface area contributed by atoms with Crippen molar-refractivity contribution in [3.8, 4) is 22.3 Å². The van der Waals surface area contributed by atoms with E-state index in [4.69, 9.17) is 0 Å². The average Bonchev–Trinajstić information content (AvgIpc) is 2.55. The minimum atomic E-state index is -0.214. The Morgan fingerprint density at radius 3 is 1.52 bits per heavy atom. The predicted octanol–water partition coefficient (Wildman–Crippen LogP) is 5.26. The third-order valence-electron chi connectivity index (χ3n) is 3.71. The first-order valence-corrected chi connectivity index (χ1v) is 7.12. The zero-order valence-electron chi connectivity index (χ0n) is 12.0. The van der Waals surface area contributed by atoms with Crippen molar-refractivity contribution >= 4 is 0 Å². The molecule has 3 aromatic rings. The van der Waals surface area contributed by atoms with Gasteiger partial charge in [0.15, 0.2) is 0 Å². The van der Waals surface area contributed by atoms with Crippen LogP contribution in [0.3, 0.4) is 0 Å². The molecule has 1 radical (unpaired) electrons. The maximum absolute atomic E-state index is 11.8. The van der Waals surface area contributed by atoms with E-state index >= 15 is 0 Å². The van der Waals surface area contributed by atoms with Crippen LogP contribution in [0.5, 0.6) is 0 Å². The lowest BCUT2D eigenvalue weighted by Crippen LogP contribution is -1.95. The van der Waals surface area contributed by atoms with Gasteiger partial charge in [0.05, 0.1) is 0 Å². The van der Waals surface area contributed by atoms with Crippen LogP contribution in [0, 0.1) is 6.92 Å². The predicted molar refractivity (Wildman–Crippen MR) is 86.4 cm³/mol. The molecule has 0 saturated heterocycles. The highest BCUT2D eigenvalue weighted by Gasteiger charge is 2.12. The normalized spacial score (nSPS) is 10.6. The van der Waals surface area contributed by atoms with Gasteiger partial charge in [-0.1, -0.05) is 72.8 Å². The Hall–Kier alpha value is -2.38. The zero-order valence-corrected chi connectivity index (χ0v) is 12.0. The van der Waals surface area contributed by atoms with E-state index in [0.717, 1.165) is 27.8 Å². The summed E-state index contributed by atoms with van der Waals surface area (Å²) in [5.41, 5.74) is 6.34. The molecule has 0 aliphatic heterocycles. The van der Waals surface area contributed by atoms with Crippen LogP contribution in [-0.2, 0) is 11.7 Å². The first-order chi connectivity index (χ1) is 10.3. The highest BCUT2D eigenvalue weighted by Crippen LogP contribution is 2.33. The van der Waals surface area contributed by atoms with Gasteiger partial charge in [0, 0.05) is 0 Å². The minimum absolute atomic E-state index is 0.214. The Bertz CT molecular complexity index is 670. The maximum Gasteiger partial charge on any atom is 0.108 e. The summed E-state index contributed by atoms with van der Waals surface area (Å²) in [5.74, 6) is 0. The molecule has 21 heavy (non-hydrogen) atoms. The SMILES string of the molecule is Cc1cc(-c2ccccc2)c(C[O])c(-c2ccccc2)c1. The van der Waals surface area contributed by atoms with Gasteiger partial charge in [-0.2, -0.15) is 0 Å². The topological polar surface area (TPSA) is 19.9 Å². The smallest absolute Gasteiger partial charge is 0.108 e. The van der Waals surface area contributed by atoms with Gasteiger partial charge in [-0.15, -0.1) is 0 Å². The molecule has 0 aromatic heterocycles. The summed E-state index contributed by atoms with van der Waals surface area (Å²) in [4.78, 5) is 0. The van der Waals surface area contributed by atoms with Gasteiger partial charge >= 0.3 is 0 Å². The van der Waals surface area contributed by atoms with E-state index in [2.05, 4.69) is 43.3 Å². The summed E-state index contributed by atoms with van der Waals surface area (Å²) in [7, 11) is 0. The molecule has 0 heterocycles. The van der Waals surface area contributed by atoms with E-state index in [1.165, 1.54) is 5.56 Å². The Morgan fingerprint density at radius 2 is 1.14 bits per heavy atom. The van der Waals surface area contributed by atoms with Crippen LogP contribution < -0.4 is 0 Å². The zero-order chi connectivity index (χ0) is 14.7. The molecule has 0 aliphatic carbocycles. The average molecular weight is 273 g/mol. The van der Waals surface area contributed by atoms with Crippen LogP contribution in [0.1, 0.15) is 11.1 Å². The summed E-state index contributed by atoms with van der Waals surface area (Å²) in [6.45, 7) is 1.86. The van der Waals surface area contributed by atoms with Crippen molar-refractivity contribution in [3.05, 3.63) is 83.9 Å². The number of hydrogen-bond acceptors (Lipinski definition) is 0. The third-order valence-corrected chi connectivity index (χ3v) is 3.71. The van der Waals surface area contributed by atoms with E-state index in [0.29, 0.717) is 0 Å². The highest BCUT2D eigenvalue weighted by molar-refractivity contribution is 5.79. The third kappa shape index (κ3) is 2.74. The molecule has 0 N–H and O–H groups in total. The van der Waals surface area contributed by atoms with E-state index in [1.54, 1.807) is 0 Å². The van der Waals surface area contributed by atoms with Crippen molar-refractivity contribution < 1.29 is 5.11 Å². The van der Waals surface area contributed by atoms with Crippen LogP contribution in [-0.4, -0.2) is 0 Å². The molecule has 0 aliphatic rings. The standard InChI is InChI=1S/C20H17O/c1-15-12-18(16-8-4-2-5-9-16)20(14-21)19(13-15)17-10-6-3-7-11-17/h2-13H,14H2,1H3. The van der Waals surface area contributed by atoms with Crippen molar-refractivity contribution in [2.24, 2.45) is 0 Å². The molecule has 0 fully saturated rings. The van der Waals surface area contributed by atoms with E-state index in [1.807, 2.05) is 36.4 Å². The number of aryl methyl sites for hydroxylation is 1. The van der Waals surface area contributed by atoms with E-state index in [9.17, 15) is 5.11 Å². The molecule has 0 amide bonds. The quantitative estimate of drug-likeness (QED) is 0.620. The monoisotopic (exact) mass is 273 g/mol. The molecular weight excluding hydrogens is 256 g/mol. The van der Waals surface area contributed by atoms with Gasteiger partial charge in [-0.25, -0.2) is 5.11 Å². The van der Waals surface area contributed by atoms with E-state index in [-0.39, 0.29) is 6.61 Å². The molecule has 0 saturated carbocycles. The number of benzene rings is 3. The van der Waals surface area contributed by atoms with Crippen LogP contribution in [0.25, 0.3) is 22.3 Å². The second-order valence-electron chi connectivity index (χ2n) is 5.21. The lowest BCUT2D eigenvalue weighted by molar-refractivity contribution is 0.178. The number of hydrogen-bond donors (Lipinski definition) is 0. The van der Waals surface area contributed by atoms with Crippen molar-refractivity contribution in [2.75, 3.05) is 0 Å². The largest absolute Gasteiger partial charge is 0.232 e. The first-order valence-electron chi connectivity index (χ1n) is 7.12. The van der Waals surface area contributed by atoms with Crippen LogP contribution in [0.15, 0.2) is 72.8 Å². The second-order valence-corrected chi connectivity index (χ2v) is 5.21. The van der Waals surface area contributed by atoms with Gasteiger partial charge in [0.25, 0.3) is 0 Å². The van der Waals surface area contributed by atoms with Crippen LogP contribution in [0.4, 0.5) is 0 Å². The molecule has 0 bridgehead atoms. The fourth-order valence-corrected chi connectivity index (χ4v) is 2.72. The van der Waals surface area contributed by atoms with Gasteiger partial charge in [-0.3, -0.25) is 0 Å². The molecule has 0 atom stereocenters. The Labute approximate surface area is 125 Å². The van der Waals surface area contributed by atoms with E-state index < -0.39 is 0 Å². The molecule has 0 unspecified atom stereocenters. The van der Waals surface area contributed by atoms with Gasteiger partial charge in [-0.05, 0) is 40.3 Å². The highest BCUT2D eigenvalue weighted by atomic mass is 16.3. The molecule has 1 heteroatoms. The summed E-state index contributed by atoms with van der Waals surface area (Å²) < 4.78 is 0. The summed E-state index contributed by atoms with van der Waals surface area (Å²) >= 11 is 0. The molecular formula is C20H17O. The minimum Gasteiger partial charge on any atom is -0.232 e. The van der Waals surface area contributed by atoms with Crippen molar-refractivity contribution in [1.29, 1.82) is 0 Å². The molecule has 0 spiro atoms. The van der Waals surface area contributed by atoms with Crippen molar-refractivity contribution in [1.82, 2.24) is 0 Å². The molecule has 1 nitrogen and oxygen atoms in total. The fourth-order valence-electron chi connectivity index (χ4n) is 2.72. The Kier molecular flexibility index (Phi) is 3.85. The fraction of sp³-hybridized carbons (Fsp3) is 0.100. The lowest BCUT2D eigenvalue weighted by atomic mass is 9.90.